The fourth-order valence-corrected chi connectivity index (χ4v) is 8.31. The number of anilines is 4. The van der Waals surface area contributed by atoms with E-state index in [0.29, 0.717) is 38.8 Å². The summed E-state index contributed by atoms with van der Waals surface area (Å²) in [6, 6.07) is 17.5. The van der Waals surface area contributed by atoms with Crippen molar-refractivity contribution < 1.29 is 0 Å². The van der Waals surface area contributed by atoms with Gasteiger partial charge < -0.3 is 31.2 Å². The van der Waals surface area contributed by atoms with Crippen molar-refractivity contribution in [2.24, 2.45) is 0 Å². The number of rotatable bonds is 6. The molecule has 0 unspecified atom stereocenters. The number of imidazole rings is 2. The normalized spacial score (nSPS) is 15.5. The lowest BCUT2D eigenvalue weighted by molar-refractivity contribution is 0.490. The Kier molecular flexibility index (Phi) is 10.6. The second-order valence-corrected chi connectivity index (χ2v) is 15.2. The van der Waals surface area contributed by atoms with Gasteiger partial charge in [-0.2, -0.15) is 10.2 Å². The van der Waals surface area contributed by atoms with Crippen molar-refractivity contribution in [3.05, 3.63) is 104 Å². The van der Waals surface area contributed by atoms with Crippen LogP contribution in [0.2, 0.25) is 15.1 Å². The molecule has 12 nitrogen and oxygen atoms in total. The number of aryl methyl sites for hydroxylation is 4. The van der Waals surface area contributed by atoms with E-state index in [1.807, 2.05) is 73.5 Å². The van der Waals surface area contributed by atoms with Crippen molar-refractivity contribution in [1.29, 1.82) is 0 Å². The van der Waals surface area contributed by atoms with Gasteiger partial charge in [0.2, 0.25) is 0 Å². The average Bonchev–Trinajstić information content (AvgIpc) is 3.90. The molecule has 2 fully saturated rings. The molecular weight excluding hydrogens is 731 g/mol. The van der Waals surface area contributed by atoms with Gasteiger partial charge in [0.1, 0.15) is 11.6 Å². The van der Waals surface area contributed by atoms with Crippen molar-refractivity contribution in [2.75, 3.05) is 47.4 Å². The number of H-pyrrole nitrogens is 2. The van der Waals surface area contributed by atoms with Crippen molar-refractivity contribution in [1.82, 2.24) is 39.5 Å². The van der Waals surface area contributed by atoms with E-state index in [4.69, 9.17) is 46.3 Å². The number of aromatic amines is 2. The van der Waals surface area contributed by atoms with Gasteiger partial charge in [0.05, 0.1) is 44.2 Å². The predicted octanol–water partition coefficient (Wildman–Crippen LogP) is 8.32. The van der Waals surface area contributed by atoms with Crippen LogP contribution in [0.5, 0.6) is 0 Å². The summed E-state index contributed by atoms with van der Waals surface area (Å²) in [4.78, 5) is 19.9. The number of piperidine rings is 2. The highest BCUT2D eigenvalue weighted by molar-refractivity contribution is 6.35. The molecule has 0 spiro atoms. The molecule has 0 radical (unpaired) electrons. The summed E-state index contributed by atoms with van der Waals surface area (Å²) in [6.45, 7) is 11.8. The number of hydrogen-bond acceptors (Lipinski definition) is 8. The van der Waals surface area contributed by atoms with Gasteiger partial charge in [-0.15, -0.1) is 0 Å². The van der Waals surface area contributed by atoms with Gasteiger partial charge in [0.25, 0.3) is 0 Å². The Labute approximate surface area is 324 Å². The minimum absolute atomic E-state index is 0.423. The van der Waals surface area contributed by atoms with Crippen LogP contribution in [0.1, 0.15) is 71.7 Å². The molecule has 2 aliphatic rings. The van der Waals surface area contributed by atoms with Crippen LogP contribution >= 0.6 is 34.8 Å². The molecule has 8 rings (SSSR count). The first-order valence-electron chi connectivity index (χ1n) is 17.9. The lowest BCUT2D eigenvalue weighted by Gasteiger charge is -2.33. The molecule has 0 saturated carbocycles. The second-order valence-electron chi connectivity index (χ2n) is 13.9. The second kappa shape index (κ2) is 15.4. The van der Waals surface area contributed by atoms with E-state index in [1.165, 1.54) is 0 Å². The van der Waals surface area contributed by atoms with E-state index >= 15 is 0 Å². The van der Waals surface area contributed by atoms with Gasteiger partial charge in [-0.1, -0.05) is 46.9 Å². The highest BCUT2D eigenvalue weighted by atomic mass is 35.5. The molecule has 6 N–H and O–H groups in total. The number of nitrogens with two attached hydrogens (primary N) is 2. The van der Waals surface area contributed by atoms with E-state index < -0.39 is 0 Å². The molecule has 0 aliphatic carbocycles. The maximum atomic E-state index is 6.42. The number of nitrogen functional groups attached to an aromatic ring is 2. The molecular formula is C38H45Cl3N12. The van der Waals surface area contributed by atoms with E-state index in [2.05, 4.69) is 52.1 Å². The van der Waals surface area contributed by atoms with Gasteiger partial charge in [-0.05, 0) is 83.7 Å². The molecule has 0 amide bonds. The van der Waals surface area contributed by atoms with Crippen LogP contribution in [0.15, 0.2) is 54.6 Å². The maximum absolute atomic E-state index is 6.42. The Morgan fingerprint density at radius 2 is 1.06 bits per heavy atom. The highest BCUT2D eigenvalue weighted by Crippen LogP contribution is 2.36. The van der Waals surface area contributed by atoms with Gasteiger partial charge in [-0.25, -0.2) is 19.3 Å². The highest BCUT2D eigenvalue weighted by Gasteiger charge is 2.28. The Morgan fingerprint density at radius 1 is 0.604 bits per heavy atom. The number of hydrogen-bond donors (Lipinski definition) is 4. The fourth-order valence-electron chi connectivity index (χ4n) is 7.61. The minimum Gasteiger partial charge on any atom is -0.369 e. The summed E-state index contributed by atoms with van der Waals surface area (Å²) in [5.74, 6) is 4.01. The van der Waals surface area contributed by atoms with Crippen molar-refractivity contribution in [2.45, 2.75) is 65.2 Å². The minimum atomic E-state index is 0.423. The van der Waals surface area contributed by atoms with Gasteiger partial charge in [0.15, 0.2) is 11.9 Å². The molecule has 2 saturated heterocycles. The topological polar surface area (TPSA) is 152 Å². The van der Waals surface area contributed by atoms with Crippen LogP contribution in [-0.2, 0) is 0 Å². The lowest BCUT2D eigenvalue weighted by Crippen LogP contribution is -2.34. The lowest BCUT2D eigenvalue weighted by atomic mass is 9.92. The van der Waals surface area contributed by atoms with Crippen LogP contribution in [0, 0.1) is 27.7 Å². The first kappa shape index (κ1) is 36.7. The number of para-hydroxylation sites is 1. The summed E-state index contributed by atoms with van der Waals surface area (Å²) < 4.78 is 3.86. The van der Waals surface area contributed by atoms with E-state index in [-0.39, 0.29) is 0 Å². The Bertz CT molecular complexity index is 2200. The average molecular weight is 776 g/mol. The SMILES string of the molecule is Cc1cc(N2CCC(c3nc(N)[nH]c3C)CC2)n(-c2ccc(Cl)cc2Cl)n1.Cc1cc(N2CCC(c3nc(N)[nH]c3C)CC2)n(-c2ccccc2Cl)n1. The number of halogens is 3. The molecule has 2 aromatic carbocycles. The largest absolute Gasteiger partial charge is 0.369 e. The fraction of sp³-hybridized carbons (Fsp3) is 0.368. The molecule has 4 aromatic heterocycles. The monoisotopic (exact) mass is 774 g/mol. The molecule has 6 aromatic rings. The Hall–Kier alpha value is -4.65. The van der Waals surface area contributed by atoms with Crippen LogP contribution < -0.4 is 21.3 Å². The van der Waals surface area contributed by atoms with Crippen molar-refractivity contribution in [3.8, 4) is 11.4 Å². The van der Waals surface area contributed by atoms with E-state index in [9.17, 15) is 0 Å². The van der Waals surface area contributed by atoms with Gasteiger partial charge >= 0.3 is 0 Å². The molecule has 0 bridgehead atoms. The molecule has 0 atom stereocenters. The first-order chi connectivity index (χ1) is 25.4. The quantitative estimate of drug-likeness (QED) is 0.132. The Morgan fingerprint density at radius 3 is 1.47 bits per heavy atom. The third-order valence-corrected chi connectivity index (χ3v) is 11.0. The molecule has 6 heterocycles. The van der Waals surface area contributed by atoms with Crippen LogP contribution in [0.3, 0.4) is 0 Å². The molecule has 278 valence electrons. The third-order valence-electron chi connectivity index (χ3n) is 10.1. The zero-order chi connectivity index (χ0) is 37.4. The summed E-state index contributed by atoms with van der Waals surface area (Å²) in [7, 11) is 0. The smallest absolute Gasteiger partial charge is 0.197 e. The van der Waals surface area contributed by atoms with Gasteiger partial charge in [0, 0.05) is 66.6 Å². The molecule has 2 aliphatic heterocycles. The summed E-state index contributed by atoms with van der Waals surface area (Å²) in [6.07, 6.45) is 4.11. The summed E-state index contributed by atoms with van der Waals surface area (Å²) in [5, 5.41) is 11.2. The van der Waals surface area contributed by atoms with Crippen molar-refractivity contribution in [3.63, 3.8) is 0 Å². The van der Waals surface area contributed by atoms with E-state index in [0.717, 1.165) is 109 Å². The van der Waals surface area contributed by atoms with Crippen LogP contribution in [0.25, 0.3) is 11.4 Å². The Balaban J connectivity index is 0.000000164. The zero-order valence-corrected chi connectivity index (χ0v) is 32.6. The van der Waals surface area contributed by atoms with E-state index in [1.54, 1.807) is 6.07 Å². The number of benzene rings is 2. The number of nitrogens with zero attached hydrogens (tertiary/aromatic N) is 8. The summed E-state index contributed by atoms with van der Waals surface area (Å²) in [5.41, 5.74) is 19.6. The zero-order valence-electron chi connectivity index (χ0n) is 30.4. The molecule has 15 heteroatoms. The number of aromatic nitrogens is 8. The van der Waals surface area contributed by atoms with Gasteiger partial charge in [-0.3, -0.25) is 0 Å². The molecule has 53 heavy (non-hydrogen) atoms. The predicted molar refractivity (Wildman–Crippen MR) is 215 cm³/mol. The first-order valence-corrected chi connectivity index (χ1v) is 19.1. The van der Waals surface area contributed by atoms with Crippen molar-refractivity contribution >= 4 is 58.3 Å². The van der Waals surface area contributed by atoms with Crippen LogP contribution in [0.4, 0.5) is 23.5 Å². The summed E-state index contributed by atoms with van der Waals surface area (Å²) >= 11 is 18.9. The van der Waals surface area contributed by atoms with Crippen LogP contribution in [-0.4, -0.2) is 65.7 Å². The third kappa shape index (κ3) is 7.85. The maximum Gasteiger partial charge on any atom is 0.197 e. The standard InChI is InChI=1S/C19H22Cl2N6.C19H23ClN6/c1-11-9-17(27(25-11)16-4-3-14(20)10-15(16)21)26-7-5-13(6-8-26)18-12(2)23-19(22)24-18;1-12-11-17(26(24-12)16-6-4-3-5-15(16)20)25-9-7-14(8-10-25)18-13(2)22-19(21)23-18/h3-4,9-10,13H,5-8H2,1-2H3,(H3,22,23,24);3-6,11,14H,7-10H2,1-2H3,(H3,21,22,23). The number of nitrogens with one attached hydrogen (secondary N) is 2.